The summed E-state index contributed by atoms with van der Waals surface area (Å²) in [5, 5.41) is 12.1. The first kappa shape index (κ1) is 16.1. The molecule has 21 heavy (non-hydrogen) atoms. The van der Waals surface area contributed by atoms with Crippen molar-refractivity contribution < 1.29 is 14.7 Å². The zero-order chi connectivity index (χ0) is 15.4. The molecule has 2 aliphatic carbocycles. The van der Waals surface area contributed by atoms with Crippen LogP contribution < -0.4 is 5.32 Å². The zero-order valence-electron chi connectivity index (χ0n) is 13.2. The summed E-state index contributed by atoms with van der Waals surface area (Å²) in [5.41, 5.74) is 0. The summed E-state index contributed by atoms with van der Waals surface area (Å²) in [7, 11) is 0. The number of carbonyl (C=O) groups excluding carboxylic acids is 1. The molecule has 0 spiro atoms. The van der Waals surface area contributed by atoms with Gasteiger partial charge in [-0.1, -0.05) is 26.7 Å². The lowest BCUT2D eigenvalue weighted by Gasteiger charge is -2.36. The fraction of sp³-hybridized carbons (Fsp3) is 0.875. The van der Waals surface area contributed by atoms with Crippen molar-refractivity contribution in [3.05, 3.63) is 0 Å². The average Bonchev–Trinajstić information content (AvgIpc) is 3.21. The summed E-state index contributed by atoms with van der Waals surface area (Å²) in [5.74, 6) is 0.625. The van der Waals surface area contributed by atoms with E-state index >= 15 is 0 Å². The SMILES string of the molecule is CC(C)C1CCCCC1NC(=O)N(CC(=O)O)CC1CC1. The lowest BCUT2D eigenvalue weighted by atomic mass is 9.78. The summed E-state index contributed by atoms with van der Waals surface area (Å²) in [6, 6.07) is 0.00333. The normalized spacial score (nSPS) is 25.7. The van der Waals surface area contributed by atoms with Gasteiger partial charge in [0.1, 0.15) is 6.54 Å². The Hall–Kier alpha value is -1.26. The number of hydrogen-bond donors (Lipinski definition) is 2. The lowest BCUT2D eigenvalue weighted by molar-refractivity contribution is -0.137. The van der Waals surface area contributed by atoms with Gasteiger partial charge in [-0.2, -0.15) is 0 Å². The number of aliphatic carboxylic acids is 1. The molecule has 0 heterocycles. The van der Waals surface area contributed by atoms with Crippen LogP contribution in [0.1, 0.15) is 52.4 Å². The van der Waals surface area contributed by atoms with E-state index in [1.165, 1.54) is 11.3 Å². The van der Waals surface area contributed by atoms with E-state index in [9.17, 15) is 9.59 Å². The van der Waals surface area contributed by atoms with Crippen LogP contribution in [0, 0.1) is 17.8 Å². The monoisotopic (exact) mass is 296 g/mol. The van der Waals surface area contributed by atoms with Crippen molar-refractivity contribution in [3.8, 4) is 0 Å². The standard InChI is InChI=1S/C16H28N2O3/c1-11(2)13-5-3-4-6-14(13)17-16(21)18(10-15(19)20)9-12-7-8-12/h11-14H,3-10H2,1-2H3,(H,17,21)(H,19,20). The van der Waals surface area contributed by atoms with E-state index in [-0.39, 0.29) is 18.6 Å². The third-order valence-electron chi connectivity index (χ3n) is 4.77. The van der Waals surface area contributed by atoms with Crippen molar-refractivity contribution in [1.82, 2.24) is 10.2 Å². The lowest BCUT2D eigenvalue weighted by Crippen LogP contribution is -2.51. The van der Waals surface area contributed by atoms with Crippen LogP contribution in [0.2, 0.25) is 0 Å². The molecule has 0 aromatic rings. The van der Waals surface area contributed by atoms with Gasteiger partial charge >= 0.3 is 12.0 Å². The molecule has 0 aromatic heterocycles. The second-order valence-corrected chi connectivity index (χ2v) is 6.97. The van der Waals surface area contributed by atoms with Gasteiger partial charge in [0.05, 0.1) is 0 Å². The van der Waals surface area contributed by atoms with Crippen LogP contribution in [0.3, 0.4) is 0 Å². The highest BCUT2D eigenvalue weighted by atomic mass is 16.4. The molecule has 2 saturated carbocycles. The fourth-order valence-corrected chi connectivity index (χ4v) is 3.38. The number of nitrogens with one attached hydrogen (secondary N) is 1. The summed E-state index contributed by atoms with van der Waals surface area (Å²) >= 11 is 0. The molecule has 2 rings (SSSR count). The molecule has 5 nitrogen and oxygen atoms in total. The van der Waals surface area contributed by atoms with Crippen molar-refractivity contribution >= 4 is 12.0 Å². The topological polar surface area (TPSA) is 69.6 Å². The quantitative estimate of drug-likeness (QED) is 0.791. The number of amides is 2. The minimum absolute atomic E-state index is 0.193. The number of urea groups is 1. The van der Waals surface area contributed by atoms with Gasteiger partial charge in [-0.15, -0.1) is 0 Å². The van der Waals surface area contributed by atoms with E-state index in [1.807, 2.05) is 0 Å². The largest absolute Gasteiger partial charge is 0.480 e. The summed E-state index contributed by atoms with van der Waals surface area (Å²) in [4.78, 5) is 24.9. The molecule has 0 aromatic carbocycles. The molecule has 2 fully saturated rings. The smallest absolute Gasteiger partial charge is 0.323 e. The van der Waals surface area contributed by atoms with Gasteiger partial charge < -0.3 is 15.3 Å². The number of carboxylic acid groups (broad SMARTS) is 1. The van der Waals surface area contributed by atoms with Gasteiger partial charge in [-0.3, -0.25) is 4.79 Å². The Morgan fingerprint density at radius 3 is 2.43 bits per heavy atom. The van der Waals surface area contributed by atoms with Crippen molar-refractivity contribution in [2.75, 3.05) is 13.1 Å². The highest BCUT2D eigenvalue weighted by molar-refractivity contribution is 5.80. The molecular weight excluding hydrogens is 268 g/mol. The van der Waals surface area contributed by atoms with Crippen LogP contribution in [-0.2, 0) is 4.79 Å². The van der Waals surface area contributed by atoms with E-state index in [2.05, 4.69) is 19.2 Å². The van der Waals surface area contributed by atoms with Gasteiger partial charge in [0.25, 0.3) is 0 Å². The number of carbonyl (C=O) groups is 2. The maximum atomic E-state index is 12.4. The Balaban J connectivity index is 1.93. The fourth-order valence-electron chi connectivity index (χ4n) is 3.38. The highest BCUT2D eigenvalue weighted by Crippen LogP contribution is 2.31. The van der Waals surface area contributed by atoms with Crippen LogP contribution in [-0.4, -0.2) is 41.1 Å². The van der Waals surface area contributed by atoms with E-state index in [1.54, 1.807) is 0 Å². The van der Waals surface area contributed by atoms with Crippen LogP contribution >= 0.6 is 0 Å². The van der Waals surface area contributed by atoms with Crippen molar-refractivity contribution in [1.29, 1.82) is 0 Å². The Bertz CT molecular complexity index is 380. The van der Waals surface area contributed by atoms with Gasteiger partial charge in [0.2, 0.25) is 0 Å². The molecule has 0 bridgehead atoms. The van der Waals surface area contributed by atoms with Gasteiger partial charge in [-0.05, 0) is 43.4 Å². The number of hydrogen-bond acceptors (Lipinski definition) is 2. The van der Waals surface area contributed by atoms with Crippen molar-refractivity contribution in [2.24, 2.45) is 17.8 Å². The van der Waals surface area contributed by atoms with Crippen LogP contribution in [0.4, 0.5) is 4.79 Å². The van der Waals surface area contributed by atoms with E-state index in [4.69, 9.17) is 5.11 Å². The molecule has 0 aliphatic heterocycles. The van der Waals surface area contributed by atoms with Crippen molar-refractivity contribution in [3.63, 3.8) is 0 Å². The maximum Gasteiger partial charge on any atom is 0.323 e. The zero-order valence-corrected chi connectivity index (χ0v) is 13.2. The third kappa shape index (κ3) is 4.90. The van der Waals surface area contributed by atoms with Gasteiger partial charge in [-0.25, -0.2) is 4.79 Å². The number of carboxylic acids is 1. The third-order valence-corrected chi connectivity index (χ3v) is 4.77. The number of rotatable bonds is 6. The van der Waals surface area contributed by atoms with Gasteiger partial charge in [0, 0.05) is 12.6 Å². The first-order valence-corrected chi connectivity index (χ1v) is 8.24. The molecule has 120 valence electrons. The second-order valence-electron chi connectivity index (χ2n) is 6.97. The Kier molecular flexibility index (Phi) is 5.48. The molecular formula is C16H28N2O3. The van der Waals surface area contributed by atoms with Crippen LogP contribution in [0.5, 0.6) is 0 Å². The summed E-state index contributed by atoms with van der Waals surface area (Å²) in [6.45, 7) is 4.79. The molecule has 2 amide bonds. The van der Waals surface area contributed by atoms with Crippen LogP contribution in [0.25, 0.3) is 0 Å². The highest BCUT2D eigenvalue weighted by Gasteiger charge is 2.32. The average molecular weight is 296 g/mol. The Labute approximate surface area is 127 Å². The predicted molar refractivity (Wildman–Crippen MR) is 81.0 cm³/mol. The molecule has 2 unspecified atom stereocenters. The molecule has 5 heteroatoms. The molecule has 0 radical (unpaired) electrons. The van der Waals surface area contributed by atoms with Gasteiger partial charge in [0.15, 0.2) is 0 Å². The Morgan fingerprint density at radius 2 is 1.86 bits per heavy atom. The van der Waals surface area contributed by atoms with E-state index in [0.717, 1.165) is 32.1 Å². The summed E-state index contributed by atoms with van der Waals surface area (Å²) < 4.78 is 0. The molecule has 2 N–H and O–H groups in total. The van der Waals surface area contributed by atoms with E-state index in [0.29, 0.717) is 24.3 Å². The first-order chi connectivity index (χ1) is 9.97. The summed E-state index contributed by atoms with van der Waals surface area (Å²) in [6.07, 6.45) is 6.78. The Morgan fingerprint density at radius 1 is 1.19 bits per heavy atom. The number of nitrogens with zero attached hydrogens (tertiary/aromatic N) is 1. The molecule has 0 saturated heterocycles. The first-order valence-electron chi connectivity index (χ1n) is 8.24. The second kappa shape index (κ2) is 7.14. The van der Waals surface area contributed by atoms with E-state index < -0.39 is 5.97 Å². The maximum absolute atomic E-state index is 12.4. The molecule has 2 aliphatic rings. The predicted octanol–water partition coefficient (Wildman–Crippen LogP) is 2.71. The van der Waals surface area contributed by atoms with Crippen LogP contribution in [0.15, 0.2) is 0 Å². The minimum Gasteiger partial charge on any atom is -0.480 e. The molecule has 2 atom stereocenters. The minimum atomic E-state index is -0.935. The van der Waals surface area contributed by atoms with Crippen molar-refractivity contribution in [2.45, 2.75) is 58.4 Å².